The molecule has 0 aromatic carbocycles. The normalized spacial score (nSPS) is 20.6. The lowest BCUT2D eigenvalue weighted by molar-refractivity contribution is -0.127. The SMILES string of the molecule is CCC=C(C)C(=O)N(CCC)CC1CCCN1. The highest BCUT2D eigenvalue weighted by Crippen LogP contribution is 2.10. The molecular formula is C14H26N2O. The van der Waals surface area contributed by atoms with Crippen LogP contribution in [0.4, 0.5) is 0 Å². The molecule has 1 fully saturated rings. The molecule has 98 valence electrons. The number of nitrogens with one attached hydrogen (secondary N) is 1. The number of allylic oxidation sites excluding steroid dienone is 1. The first-order chi connectivity index (χ1) is 8.19. The fourth-order valence-electron chi connectivity index (χ4n) is 2.37. The first kappa shape index (κ1) is 14.2. The predicted octanol–water partition coefficient (Wildman–Crippen LogP) is 2.33. The Hall–Kier alpha value is -0.830. The molecular weight excluding hydrogens is 212 g/mol. The summed E-state index contributed by atoms with van der Waals surface area (Å²) >= 11 is 0. The first-order valence-electron chi connectivity index (χ1n) is 6.88. The van der Waals surface area contributed by atoms with Crippen LogP contribution in [0.1, 0.15) is 46.5 Å². The van der Waals surface area contributed by atoms with E-state index in [-0.39, 0.29) is 5.91 Å². The molecule has 3 nitrogen and oxygen atoms in total. The zero-order valence-electron chi connectivity index (χ0n) is 11.5. The molecule has 0 radical (unpaired) electrons. The van der Waals surface area contributed by atoms with Crippen LogP contribution >= 0.6 is 0 Å². The number of carbonyl (C=O) groups is 1. The van der Waals surface area contributed by atoms with E-state index >= 15 is 0 Å². The van der Waals surface area contributed by atoms with Crippen LogP contribution in [0.15, 0.2) is 11.6 Å². The number of rotatable bonds is 6. The molecule has 1 atom stereocenters. The van der Waals surface area contributed by atoms with E-state index in [4.69, 9.17) is 0 Å². The van der Waals surface area contributed by atoms with E-state index in [0.29, 0.717) is 6.04 Å². The van der Waals surface area contributed by atoms with Gasteiger partial charge in [-0.05, 0) is 39.2 Å². The second-order valence-electron chi connectivity index (χ2n) is 4.84. The van der Waals surface area contributed by atoms with E-state index in [2.05, 4.69) is 19.2 Å². The van der Waals surface area contributed by atoms with Crippen LogP contribution < -0.4 is 5.32 Å². The van der Waals surface area contributed by atoms with Crippen molar-refractivity contribution in [1.82, 2.24) is 10.2 Å². The molecule has 1 rings (SSSR count). The Bertz CT molecular complexity index is 267. The van der Waals surface area contributed by atoms with Crippen molar-refractivity contribution in [1.29, 1.82) is 0 Å². The molecule has 0 saturated carbocycles. The Kier molecular flexibility index (Phi) is 6.27. The smallest absolute Gasteiger partial charge is 0.249 e. The van der Waals surface area contributed by atoms with Crippen LogP contribution in [0.5, 0.6) is 0 Å². The molecule has 1 saturated heterocycles. The van der Waals surface area contributed by atoms with Gasteiger partial charge < -0.3 is 10.2 Å². The van der Waals surface area contributed by atoms with Crippen molar-refractivity contribution in [3.05, 3.63) is 11.6 Å². The zero-order valence-corrected chi connectivity index (χ0v) is 11.5. The third-order valence-electron chi connectivity index (χ3n) is 3.23. The molecule has 0 aliphatic carbocycles. The second-order valence-corrected chi connectivity index (χ2v) is 4.84. The highest BCUT2D eigenvalue weighted by atomic mass is 16.2. The Morgan fingerprint density at radius 1 is 1.47 bits per heavy atom. The van der Waals surface area contributed by atoms with Crippen molar-refractivity contribution in [2.75, 3.05) is 19.6 Å². The maximum atomic E-state index is 12.2. The maximum Gasteiger partial charge on any atom is 0.249 e. The summed E-state index contributed by atoms with van der Waals surface area (Å²) in [5.41, 5.74) is 0.888. The summed E-state index contributed by atoms with van der Waals surface area (Å²) in [5.74, 6) is 0.211. The fourth-order valence-corrected chi connectivity index (χ4v) is 2.37. The van der Waals surface area contributed by atoms with E-state index in [9.17, 15) is 4.79 Å². The van der Waals surface area contributed by atoms with Gasteiger partial charge in [0, 0.05) is 24.7 Å². The molecule has 1 aliphatic heterocycles. The summed E-state index contributed by atoms with van der Waals surface area (Å²) in [6, 6.07) is 0.500. The summed E-state index contributed by atoms with van der Waals surface area (Å²) in [6.45, 7) is 8.95. The van der Waals surface area contributed by atoms with E-state index in [1.165, 1.54) is 12.8 Å². The van der Waals surface area contributed by atoms with Crippen LogP contribution in [0.2, 0.25) is 0 Å². The lowest BCUT2D eigenvalue weighted by Crippen LogP contribution is -2.41. The van der Waals surface area contributed by atoms with Crippen molar-refractivity contribution in [2.45, 2.75) is 52.5 Å². The van der Waals surface area contributed by atoms with Gasteiger partial charge in [-0.1, -0.05) is 19.9 Å². The highest BCUT2D eigenvalue weighted by molar-refractivity contribution is 5.92. The summed E-state index contributed by atoms with van der Waals surface area (Å²) in [6.07, 6.45) is 6.41. The molecule has 0 spiro atoms. The Balaban J connectivity index is 2.57. The van der Waals surface area contributed by atoms with Gasteiger partial charge in [0.05, 0.1) is 0 Å². The molecule has 0 aromatic rings. The largest absolute Gasteiger partial charge is 0.337 e. The van der Waals surface area contributed by atoms with Crippen LogP contribution in [0.3, 0.4) is 0 Å². The molecule has 1 amide bonds. The lowest BCUT2D eigenvalue weighted by Gasteiger charge is -2.26. The summed E-state index contributed by atoms with van der Waals surface area (Å²) in [7, 11) is 0. The van der Waals surface area contributed by atoms with E-state index in [1.807, 2.05) is 17.9 Å². The second kappa shape index (κ2) is 7.49. The van der Waals surface area contributed by atoms with Crippen LogP contribution in [0.25, 0.3) is 0 Å². The van der Waals surface area contributed by atoms with Crippen LogP contribution in [0, 0.1) is 0 Å². The van der Waals surface area contributed by atoms with Gasteiger partial charge in [0.15, 0.2) is 0 Å². The number of carbonyl (C=O) groups excluding carboxylic acids is 1. The average molecular weight is 238 g/mol. The van der Waals surface area contributed by atoms with E-state index in [0.717, 1.165) is 38.0 Å². The number of nitrogens with zero attached hydrogens (tertiary/aromatic N) is 1. The van der Waals surface area contributed by atoms with E-state index in [1.54, 1.807) is 0 Å². The van der Waals surface area contributed by atoms with Crippen molar-refractivity contribution >= 4 is 5.91 Å². The third kappa shape index (κ3) is 4.50. The van der Waals surface area contributed by atoms with Crippen molar-refractivity contribution in [3.8, 4) is 0 Å². The molecule has 1 heterocycles. The minimum atomic E-state index is 0.211. The topological polar surface area (TPSA) is 32.3 Å². The van der Waals surface area contributed by atoms with Gasteiger partial charge in [-0.3, -0.25) is 4.79 Å². The summed E-state index contributed by atoms with van der Waals surface area (Å²) < 4.78 is 0. The van der Waals surface area contributed by atoms with Gasteiger partial charge >= 0.3 is 0 Å². The zero-order chi connectivity index (χ0) is 12.7. The molecule has 3 heteroatoms. The molecule has 0 bridgehead atoms. The van der Waals surface area contributed by atoms with Crippen LogP contribution in [-0.2, 0) is 4.79 Å². The van der Waals surface area contributed by atoms with Gasteiger partial charge in [0.25, 0.3) is 0 Å². The Morgan fingerprint density at radius 2 is 2.24 bits per heavy atom. The predicted molar refractivity (Wildman–Crippen MR) is 71.9 cm³/mol. The van der Waals surface area contributed by atoms with Crippen molar-refractivity contribution < 1.29 is 4.79 Å². The minimum Gasteiger partial charge on any atom is -0.337 e. The van der Waals surface area contributed by atoms with Crippen LogP contribution in [-0.4, -0.2) is 36.5 Å². The van der Waals surface area contributed by atoms with Gasteiger partial charge in [0.1, 0.15) is 0 Å². The number of amides is 1. The summed E-state index contributed by atoms with van der Waals surface area (Å²) in [5, 5.41) is 3.46. The number of hydrogen-bond donors (Lipinski definition) is 1. The molecule has 0 aromatic heterocycles. The summed E-state index contributed by atoms with van der Waals surface area (Å²) in [4.78, 5) is 14.2. The molecule has 1 aliphatic rings. The molecule has 1 N–H and O–H groups in total. The lowest BCUT2D eigenvalue weighted by atomic mass is 10.1. The standard InChI is InChI=1S/C14H26N2O/c1-4-7-12(3)14(17)16(10-5-2)11-13-8-6-9-15-13/h7,13,15H,4-6,8-11H2,1-3H3. The quantitative estimate of drug-likeness (QED) is 0.720. The first-order valence-corrected chi connectivity index (χ1v) is 6.88. The fraction of sp³-hybridized carbons (Fsp3) is 0.786. The highest BCUT2D eigenvalue weighted by Gasteiger charge is 2.21. The third-order valence-corrected chi connectivity index (χ3v) is 3.23. The van der Waals surface area contributed by atoms with E-state index < -0.39 is 0 Å². The Labute approximate surface area is 105 Å². The average Bonchev–Trinajstić information content (AvgIpc) is 2.80. The maximum absolute atomic E-state index is 12.2. The van der Waals surface area contributed by atoms with Crippen molar-refractivity contribution in [3.63, 3.8) is 0 Å². The van der Waals surface area contributed by atoms with Gasteiger partial charge in [-0.15, -0.1) is 0 Å². The van der Waals surface area contributed by atoms with Gasteiger partial charge in [-0.25, -0.2) is 0 Å². The minimum absolute atomic E-state index is 0.211. The van der Waals surface area contributed by atoms with Gasteiger partial charge in [0.2, 0.25) is 5.91 Å². The molecule has 1 unspecified atom stereocenters. The number of hydrogen-bond acceptors (Lipinski definition) is 2. The monoisotopic (exact) mass is 238 g/mol. The Morgan fingerprint density at radius 3 is 2.76 bits per heavy atom. The van der Waals surface area contributed by atoms with Crippen molar-refractivity contribution in [2.24, 2.45) is 0 Å². The van der Waals surface area contributed by atoms with Gasteiger partial charge in [-0.2, -0.15) is 0 Å². The molecule has 17 heavy (non-hydrogen) atoms.